The fourth-order valence-electron chi connectivity index (χ4n) is 2.09. The molecular formula is C13H16N2O5S. The molecule has 8 heteroatoms. The normalized spacial score (nSPS) is 12.3. The van der Waals surface area contributed by atoms with Gasteiger partial charge in [0.1, 0.15) is 6.54 Å². The van der Waals surface area contributed by atoms with Gasteiger partial charge < -0.3 is 9.30 Å². The number of hydrogen-bond donors (Lipinski definition) is 1. The lowest BCUT2D eigenvalue weighted by molar-refractivity contribution is -0.143. The van der Waals surface area contributed by atoms with Crippen molar-refractivity contribution in [3.63, 3.8) is 0 Å². The van der Waals surface area contributed by atoms with Crippen molar-refractivity contribution < 1.29 is 22.6 Å². The van der Waals surface area contributed by atoms with Gasteiger partial charge in [-0.25, -0.2) is 5.06 Å². The summed E-state index contributed by atoms with van der Waals surface area (Å²) in [6, 6.07) is 7.37. The lowest BCUT2D eigenvalue weighted by Gasteiger charge is -2.13. The van der Waals surface area contributed by atoms with Crippen molar-refractivity contribution in [1.29, 1.82) is 0 Å². The van der Waals surface area contributed by atoms with Gasteiger partial charge in [-0.3, -0.25) is 9.35 Å². The number of hydrogen-bond acceptors (Lipinski definition) is 5. The molecule has 1 aromatic carbocycles. The van der Waals surface area contributed by atoms with Gasteiger partial charge in [-0.2, -0.15) is 4.21 Å². The van der Waals surface area contributed by atoms with E-state index in [2.05, 4.69) is 0 Å². The number of esters is 1. The number of nitrogens with zero attached hydrogens (tertiary/aromatic N) is 2. The molecule has 21 heavy (non-hydrogen) atoms. The van der Waals surface area contributed by atoms with Crippen LogP contribution in [0.3, 0.4) is 0 Å². The van der Waals surface area contributed by atoms with Crippen LogP contribution in [0.2, 0.25) is 0 Å². The summed E-state index contributed by atoms with van der Waals surface area (Å²) in [5.41, 5.74) is 1.39. The van der Waals surface area contributed by atoms with Crippen LogP contribution < -0.4 is 5.06 Å². The Morgan fingerprint density at radius 3 is 2.81 bits per heavy atom. The number of anilines is 1. The third-order valence-corrected chi connectivity index (χ3v) is 3.24. The highest BCUT2D eigenvalue weighted by Gasteiger charge is 2.15. The Labute approximate surface area is 124 Å². The predicted molar refractivity (Wildman–Crippen MR) is 78.8 cm³/mol. The molecule has 0 saturated heterocycles. The van der Waals surface area contributed by atoms with Crippen LogP contribution in [0.25, 0.3) is 10.9 Å². The molecule has 0 aliphatic rings. The highest BCUT2D eigenvalue weighted by molar-refractivity contribution is 7.74. The second-order valence-electron chi connectivity index (χ2n) is 4.25. The molecule has 0 amide bonds. The zero-order chi connectivity index (χ0) is 15.4. The molecule has 0 fully saturated rings. The van der Waals surface area contributed by atoms with E-state index in [4.69, 9.17) is 13.6 Å². The van der Waals surface area contributed by atoms with E-state index < -0.39 is 11.4 Å². The average Bonchev–Trinajstić information content (AvgIpc) is 2.77. The number of hydroxylamine groups is 1. The van der Waals surface area contributed by atoms with E-state index in [9.17, 15) is 9.00 Å². The van der Waals surface area contributed by atoms with E-state index in [1.807, 2.05) is 24.3 Å². The molecule has 1 heterocycles. The highest BCUT2D eigenvalue weighted by atomic mass is 32.2. The monoisotopic (exact) mass is 312 g/mol. The zero-order valence-corrected chi connectivity index (χ0v) is 12.5. The molecule has 0 aliphatic carbocycles. The van der Waals surface area contributed by atoms with Gasteiger partial charge in [-0.1, -0.05) is 18.2 Å². The lowest BCUT2D eigenvalue weighted by Crippen LogP contribution is -2.18. The summed E-state index contributed by atoms with van der Waals surface area (Å²) in [5.74, 6) is -0.348. The maximum absolute atomic E-state index is 11.6. The number of ether oxygens (including phenoxy) is 1. The van der Waals surface area contributed by atoms with Crippen LogP contribution in [0.5, 0.6) is 0 Å². The number of aromatic nitrogens is 1. The van der Waals surface area contributed by atoms with Gasteiger partial charge in [0.05, 0.1) is 17.8 Å². The van der Waals surface area contributed by atoms with E-state index in [1.165, 1.54) is 12.1 Å². The molecular weight excluding hydrogens is 296 g/mol. The maximum atomic E-state index is 11.6. The summed E-state index contributed by atoms with van der Waals surface area (Å²) in [6.45, 7) is 2.12. The van der Waals surface area contributed by atoms with Crippen molar-refractivity contribution in [2.75, 3.05) is 18.7 Å². The molecule has 114 valence electrons. The van der Waals surface area contributed by atoms with E-state index in [0.29, 0.717) is 12.3 Å². The predicted octanol–water partition coefficient (Wildman–Crippen LogP) is 1.71. The first-order chi connectivity index (χ1) is 10.0. The minimum atomic E-state index is -2.42. The van der Waals surface area contributed by atoms with E-state index >= 15 is 0 Å². The van der Waals surface area contributed by atoms with Gasteiger partial charge in [0.25, 0.3) is 0 Å². The Morgan fingerprint density at radius 1 is 1.43 bits per heavy atom. The Bertz CT molecular complexity index is 670. The molecule has 0 saturated carbocycles. The number of rotatable bonds is 6. The van der Waals surface area contributed by atoms with Crippen molar-refractivity contribution in [2.24, 2.45) is 0 Å². The largest absolute Gasteiger partial charge is 0.465 e. The van der Waals surface area contributed by atoms with E-state index in [0.717, 1.165) is 10.9 Å². The first-order valence-electron chi connectivity index (χ1n) is 6.29. The summed E-state index contributed by atoms with van der Waals surface area (Å²) < 4.78 is 30.9. The van der Waals surface area contributed by atoms with E-state index in [1.54, 1.807) is 17.7 Å². The van der Waals surface area contributed by atoms with Crippen molar-refractivity contribution in [3.8, 4) is 0 Å². The Balaban J connectivity index is 2.38. The highest BCUT2D eigenvalue weighted by Crippen LogP contribution is 2.28. The van der Waals surface area contributed by atoms with Crippen LogP contribution in [0.1, 0.15) is 6.92 Å². The topological polar surface area (TPSA) is 81.0 Å². The number of para-hydroxylation sites is 1. The zero-order valence-electron chi connectivity index (χ0n) is 11.7. The van der Waals surface area contributed by atoms with Crippen molar-refractivity contribution in [3.05, 3.63) is 30.5 Å². The maximum Gasteiger partial charge on any atom is 0.325 e. The van der Waals surface area contributed by atoms with Crippen LogP contribution >= 0.6 is 0 Å². The smallest absolute Gasteiger partial charge is 0.325 e. The number of benzene rings is 1. The standard InChI is InChI=1S/C13H16N2O5S/c1-3-19-13(16)9-15-8-12(14(2)20-21(17)18)10-6-4-5-7-11(10)15/h4-8H,3,9H2,1-2H3,(H,17,18). The van der Waals surface area contributed by atoms with Crippen LogP contribution in [-0.4, -0.2) is 33.0 Å². The summed E-state index contributed by atoms with van der Waals surface area (Å²) in [6.07, 6.45) is 1.68. The summed E-state index contributed by atoms with van der Waals surface area (Å²) in [7, 11) is 1.52. The van der Waals surface area contributed by atoms with Crippen LogP contribution in [0, 0.1) is 0 Å². The molecule has 7 nitrogen and oxygen atoms in total. The molecule has 1 atom stereocenters. The summed E-state index contributed by atoms with van der Waals surface area (Å²) >= 11 is -2.42. The molecule has 0 bridgehead atoms. The Morgan fingerprint density at radius 2 is 2.14 bits per heavy atom. The molecule has 2 aromatic rings. The molecule has 0 radical (unpaired) electrons. The minimum absolute atomic E-state index is 0.0599. The third kappa shape index (κ3) is 3.60. The van der Waals surface area contributed by atoms with Gasteiger partial charge >= 0.3 is 17.3 Å². The molecule has 1 aromatic heterocycles. The second-order valence-corrected chi connectivity index (χ2v) is 4.84. The number of carbonyl (C=O) groups is 1. The third-order valence-electron chi connectivity index (χ3n) is 2.89. The van der Waals surface area contributed by atoms with Gasteiger partial charge in [0.15, 0.2) is 0 Å². The van der Waals surface area contributed by atoms with Gasteiger partial charge in [0.2, 0.25) is 0 Å². The molecule has 0 aliphatic heterocycles. The molecule has 2 rings (SSSR count). The molecule has 1 N–H and O–H groups in total. The van der Waals surface area contributed by atoms with Crippen molar-refractivity contribution >= 4 is 33.9 Å². The number of fused-ring (bicyclic) bond motifs is 1. The van der Waals surface area contributed by atoms with Gasteiger partial charge in [-0.15, -0.1) is 4.28 Å². The van der Waals surface area contributed by atoms with Crippen molar-refractivity contribution in [2.45, 2.75) is 13.5 Å². The van der Waals surface area contributed by atoms with Gasteiger partial charge in [0, 0.05) is 18.6 Å². The first kappa shape index (κ1) is 15.5. The minimum Gasteiger partial charge on any atom is -0.465 e. The van der Waals surface area contributed by atoms with Crippen LogP contribution in [0.15, 0.2) is 30.5 Å². The fourth-order valence-corrected chi connectivity index (χ4v) is 2.36. The number of carbonyl (C=O) groups excluding carboxylic acids is 1. The quantitative estimate of drug-likeness (QED) is 0.497. The fraction of sp³-hybridized carbons (Fsp3) is 0.308. The second kappa shape index (κ2) is 6.70. The van der Waals surface area contributed by atoms with Crippen molar-refractivity contribution in [1.82, 2.24) is 4.57 Å². The molecule has 1 unspecified atom stereocenters. The van der Waals surface area contributed by atoms with Crippen LogP contribution in [0.4, 0.5) is 5.69 Å². The Kier molecular flexibility index (Phi) is 4.94. The van der Waals surface area contributed by atoms with Crippen LogP contribution in [-0.2, 0) is 31.7 Å². The summed E-state index contributed by atoms with van der Waals surface area (Å²) in [4.78, 5) is 11.6. The Hall–Kier alpha value is -1.90. The van der Waals surface area contributed by atoms with E-state index in [-0.39, 0.29) is 12.5 Å². The molecule has 0 spiro atoms. The summed E-state index contributed by atoms with van der Waals surface area (Å²) in [5, 5.41) is 2.00. The average molecular weight is 312 g/mol. The van der Waals surface area contributed by atoms with Gasteiger partial charge in [-0.05, 0) is 13.0 Å². The first-order valence-corrected chi connectivity index (χ1v) is 7.32. The SMILES string of the molecule is CCOC(=O)Cn1cc(N(C)OS(=O)O)c2ccccc21. The lowest BCUT2D eigenvalue weighted by atomic mass is 10.2.